The molecule has 0 aliphatic carbocycles. The maximum atomic E-state index is 12.8. The van der Waals surface area contributed by atoms with Crippen molar-refractivity contribution < 1.29 is 13.2 Å². The van der Waals surface area contributed by atoms with Crippen molar-refractivity contribution in [2.24, 2.45) is 0 Å². The quantitative estimate of drug-likeness (QED) is 0.695. The molecule has 1 amide bonds. The van der Waals surface area contributed by atoms with E-state index in [4.69, 9.17) is 11.6 Å². The van der Waals surface area contributed by atoms with Crippen LogP contribution in [0.4, 0.5) is 5.69 Å². The Morgan fingerprint density at radius 3 is 2.41 bits per heavy atom. The third kappa shape index (κ3) is 5.03. The molecule has 148 valence electrons. The zero-order valence-corrected chi connectivity index (χ0v) is 18.5. The van der Waals surface area contributed by atoms with Crippen LogP contribution < -0.4 is 4.72 Å². The number of nitrogens with zero attached hydrogens (tertiary/aromatic N) is 1. The van der Waals surface area contributed by atoms with E-state index >= 15 is 0 Å². The summed E-state index contributed by atoms with van der Waals surface area (Å²) in [5.41, 5.74) is 1.59. The summed E-state index contributed by atoms with van der Waals surface area (Å²) in [4.78, 5) is 14.6. The van der Waals surface area contributed by atoms with Gasteiger partial charge in [0.25, 0.3) is 10.0 Å². The Hall–Kier alpha value is -1.57. The summed E-state index contributed by atoms with van der Waals surface area (Å²) >= 11 is 7.41. The van der Waals surface area contributed by atoms with Gasteiger partial charge in [-0.3, -0.25) is 9.52 Å². The van der Waals surface area contributed by atoms with E-state index in [1.807, 2.05) is 27.7 Å². The second-order valence-corrected chi connectivity index (χ2v) is 9.75. The lowest BCUT2D eigenvalue weighted by Crippen LogP contribution is -2.42. The van der Waals surface area contributed by atoms with Crippen LogP contribution in [0.1, 0.15) is 38.8 Å². The standard InChI is InChI=1S/C19H25ClN2O3S2/c1-12(2)22(13(3)4)19(23)9-15-10-26-11-17(15)21-27(24,25)18-8-6-7-16(20)14(18)5/h6-8,10-13,21H,9H2,1-5H3. The molecule has 1 N–H and O–H groups in total. The lowest BCUT2D eigenvalue weighted by Gasteiger charge is -2.31. The normalized spacial score (nSPS) is 11.9. The molecule has 27 heavy (non-hydrogen) atoms. The fourth-order valence-electron chi connectivity index (χ4n) is 3.05. The number of rotatable bonds is 7. The van der Waals surface area contributed by atoms with Crippen LogP contribution in [0.25, 0.3) is 0 Å². The van der Waals surface area contributed by atoms with Crippen molar-refractivity contribution in [3.63, 3.8) is 0 Å². The maximum absolute atomic E-state index is 12.8. The van der Waals surface area contributed by atoms with Gasteiger partial charge in [-0.05, 0) is 63.3 Å². The highest BCUT2D eigenvalue weighted by molar-refractivity contribution is 7.92. The fraction of sp³-hybridized carbons (Fsp3) is 0.421. The van der Waals surface area contributed by atoms with Gasteiger partial charge in [-0.25, -0.2) is 8.42 Å². The molecule has 2 aromatic rings. The largest absolute Gasteiger partial charge is 0.338 e. The molecule has 0 spiro atoms. The first-order chi connectivity index (χ1) is 12.5. The van der Waals surface area contributed by atoms with E-state index in [9.17, 15) is 13.2 Å². The Balaban J connectivity index is 2.27. The summed E-state index contributed by atoms with van der Waals surface area (Å²) in [7, 11) is -3.80. The van der Waals surface area contributed by atoms with Crippen LogP contribution in [-0.2, 0) is 21.2 Å². The Morgan fingerprint density at radius 2 is 1.81 bits per heavy atom. The molecular formula is C19H25ClN2O3S2. The van der Waals surface area contributed by atoms with Gasteiger partial charge in [0.1, 0.15) is 0 Å². The van der Waals surface area contributed by atoms with Gasteiger partial charge < -0.3 is 4.90 Å². The van der Waals surface area contributed by atoms with Crippen LogP contribution in [0, 0.1) is 6.92 Å². The smallest absolute Gasteiger partial charge is 0.262 e. The second kappa shape index (κ2) is 8.63. The minimum absolute atomic E-state index is 0.0298. The summed E-state index contributed by atoms with van der Waals surface area (Å²) in [6.45, 7) is 9.54. The molecule has 0 radical (unpaired) electrons. The molecular weight excluding hydrogens is 404 g/mol. The maximum Gasteiger partial charge on any atom is 0.262 e. The van der Waals surface area contributed by atoms with E-state index < -0.39 is 10.0 Å². The van der Waals surface area contributed by atoms with Crippen molar-refractivity contribution in [2.45, 2.75) is 58.0 Å². The van der Waals surface area contributed by atoms with E-state index in [0.29, 0.717) is 21.8 Å². The van der Waals surface area contributed by atoms with E-state index in [1.54, 1.807) is 34.7 Å². The zero-order valence-electron chi connectivity index (χ0n) is 16.1. The number of amides is 1. The molecule has 1 aromatic carbocycles. The van der Waals surface area contributed by atoms with Crippen molar-refractivity contribution in [2.75, 3.05) is 4.72 Å². The van der Waals surface area contributed by atoms with Gasteiger partial charge >= 0.3 is 0 Å². The Bertz CT molecular complexity index is 913. The van der Waals surface area contributed by atoms with Crippen molar-refractivity contribution in [1.29, 1.82) is 0 Å². The van der Waals surface area contributed by atoms with Crippen LogP contribution >= 0.6 is 22.9 Å². The Kier molecular flexibility index (Phi) is 6.94. The molecule has 0 aliphatic rings. The van der Waals surface area contributed by atoms with Crippen LogP contribution in [-0.4, -0.2) is 31.3 Å². The monoisotopic (exact) mass is 428 g/mol. The first-order valence-corrected chi connectivity index (χ1v) is 11.5. The highest BCUT2D eigenvalue weighted by atomic mass is 35.5. The van der Waals surface area contributed by atoms with Crippen molar-refractivity contribution in [3.8, 4) is 0 Å². The van der Waals surface area contributed by atoms with Gasteiger partial charge in [0, 0.05) is 22.5 Å². The van der Waals surface area contributed by atoms with Gasteiger partial charge in [-0.2, -0.15) is 0 Å². The third-order valence-corrected chi connectivity index (χ3v) is 6.95. The van der Waals surface area contributed by atoms with Gasteiger partial charge in [-0.1, -0.05) is 17.7 Å². The number of anilines is 1. The molecule has 5 nitrogen and oxygen atoms in total. The molecule has 1 aromatic heterocycles. The van der Waals surface area contributed by atoms with E-state index in [1.165, 1.54) is 17.4 Å². The van der Waals surface area contributed by atoms with Gasteiger partial charge in [0.15, 0.2) is 0 Å². The highest BCUT2D eigenvalue weighted by Gasteiger charge is 2.24. The van der Waals surface area contributed by atoms with Crippen molar-refractivity contribution >= 4 is 44.6 Å². The number of sulfonamides is 1. The molecule has 0 aliphatic heterocycles. The lowest BCUT2D eigenvalue weighted by molar-refractivity contribution is -0.134. The summed E-state index contributed by atoms with van der Waals surface area (Å²) in [6.07, 6.45) is 0.145. The summed E-state index contributed by atoms with van der Waals surface area (Å²) in [5, 5.41) is 3.90. The minimum atomic E-state index is -3.80. The number of hydrogen-bond donors (Lipinski definition) is 1. The molecule has 0 atom stereocenters. The molecule has 0 saturated carbocycles. The number of benzene rings is 1. The van der Waals surface area contributed by atoms with E-state index in [0.717, 1.165) is 0 Å². The number of carbonyl (C=O) groups excluding carboxylic acids is 1. The average Bonchev–Trinajstić information content (AvgIpc) is 2.95. The number of halogens is 1. The molecule has 2 rings (SSSR count). The first kappa shape index (κ1) is 21.7. The summed E-state index contributed by atoms with van der Waals surface area (Å²) in [5.74, 6) is -0.0298. The fourth-order valence-corrected chi connectivity index (χ4v) is 5.51. The minimum Gasteiger partial charge on any atom is -0.338 e. The molecule has 0 saturated heterocycles. The van der Waals surface area contributed by atoms with Crippen LogP contribution in [0.2, 0.25) is 5.02 Å². The average molecular weight is 429 g/mol. The molecule has 8 heteroatoms. The third-order valence-electron chi connectivity index (χ3n) is 4.24. The Labute approximate surface area is 170 Å². The molecule has 0 fully saturated rings. The summed E-state index contributed by atoms with van der Waals surface area (Å²) in [6, 6.07) is 4.91. The molecule has 1 heterocycles. The highest BCUT2D eigenvalue weighted by Crippen LogP contribution is 2.28. The number of hydrogen-bond acceptors (Lipinski definition) is 4. The first-order valence-electron chi connectivity index (χ1n) is 8.68. The van der Waals surface area contributed by atoms with Crippen molar-refractivity contribution in [3.05, 3.63) is 45.1 Å². The second-order valence-electron chi connectivity index (χ2n) is 6.94. The predicted molar refractivity (Wildman–Crippen MR) is 112 cm³/mol. The molecule has 0 unspecified atom stereocenters. The number of thiophene rings is 1. The summed E-state index contributed by atoms with van der Waals surface area (Å²) < 4.78 is 28.2. The van der Waals surface area contributed by atoms with E-state index in [2.05, 4.69) is 4.72 Å². The lowest BCUT2D eigenvalue weighted by atomic mass is 10.1. The topological polar surface area (TPSA) is 66.5 Å². The van der Waals surface area contributed by atoms with Crippen molar-refractivity contribution in [1.82, 2.24) is 4.90 Å². The molecule has 0 bridgehead atoms. The number of carbonyl (C=O) groups is 1. The van der Waals surface area contributed by atoms with Gasteiger partial charge in [-0.15, -0.1) is 11.3 Å². The van der Waals surface area contributed by atoms with Gasteiger partial charge in [0.2, 0.25) is 5.91 Å². The number of nitrogens with one attached hydrogen (secondary N) is 1. The van der Waals surface area contributed by atoms with Crippen LogP contribution in [0.15, 0.2) is 33.9 Å². The Morgan fingerprint density at radius 1 is 1.19 bits per heavy atom. The van der Waals surface area contributed by atoms with Crippen LogP contribution in [0.3, 0.4) is 0 Å². The van der Waals surface area contributed by atoms with Gasteiger partial charge in [0.05, 0.1) is 17.0 Å². The SMILES string of the molecule is Cc1c(Cl)cccc1S(=O)(=O)Nc1cscc1CC(=O)N(C(C)C)C(C)C. The van der Waals surface area contributed by atoms with E-state index in [-0.39, 0.29) is 29.3 Å². The zero-order chi connectivity index (χ0) is 20.4. The predicted octanol–water partition coefficient (Wildman–Crippen LogP) is 4.70. The van der Waals surface area contributed by atoms with Crippen LogP contribution in [0.5, 0.6) is 0 Å².